The van der Waals surface area contributed by atoms with Crippen LogP contribution in [-0.4, -0.2) is 23.1 Å². The standard InChI is InChI=1S/C8H12O4/c1-5-2-6(3-7(9)10)4-8(11)12-5/h5-6H,2-4H2,1H3,(H,9,10). The first-order valence-electron chi connectivity index (χ1n) is 3.99. The molecule has 0 aromatic heterocycles. The molecule has 0 bridgehead atoms. The number of carbonyl (C=O) groups excluding carboxylic acids is 1. The second-order valence-corrected chi connectivity index (χ2v) is 3.20. The summed E-state index contributed by atoms with van der Waals surface area (Å²) < 4.78 is 4.87. The third kappa shape index (κ3) is 2.53. The third-order valence-corrected chi connectivity index (χ3v) is 1.92. The van der Waals surface area contributed by atoms with Crippen molar-refractivity contribution in [3.8, 4) is 0 Å². The number of carbonyl (C=O) groups is 2. The zero-order valence-corrected chi connectivity index (χ0v) is 6.95. The summed E-state index contributed by atoms with van der Waals surface area (Å²) in [6, 6.07) is 0. The fraction of sp³-hybridized carbons (Fsp3) is 0.750. The molecule has 1 saturated heterocycles. The monoisotopic (exact) mass is 172 g/mol. The number of carboxylic acid groups (broad SMARTS) is 1. The van der Waals surface area contributed by atoms with Crippen molar-refractivity contribution in [2.45, 2.75) is 32.3 Å². The molecule has 1 rings (SSSR count). The van der Waals surface area contributed by atoms with E-state index in [1.165, 1.54) is 0 Å². The summed E-state index contributed by atoms with van der Waals surface area (Å²) >= 11 is 0. The Morgan fingerprint density at radius 2 is 2.42 bits per heavy atom. The van der Waals surface area contributed by atoms with Crippen LogP contribution in [0.3, 0.4) is 0 Å². The van der Waals surface area contributed by atoms with Crippen molar-refractivity contribution in [1.82, 2.24) is 0 Å². The highest BCUT2D eigenvalue weighted by atomic mass is 16.5. The second kappa shape index (κ2) is 3.56. The summed E-state index contributed by atoms with van der Waals surface area (Å²) in [7, 11) is 0. The van der Waals surface area contributed by atoms with Gasteiger partial charge in [0.15, 0.2) is 0 Å². The lowest BCUT2D eigenvalue weighted by atomic mass is 9.93. The maximum atomic E-state index is 10.9. The van der Waals surface area contributed by atoms with E-state index in [0.29, 0.717) is 6.42 Å². The zero-order chi connectivity index (χ0) is 9.14. The topological polar surface area (TPSA) is 63.6 Å². The largest absolute Gasteiger partial charge is 0.481 e. The third-order valence-electron chi connectivity index (χ3n) is 1.92. The molecule has 12 heavy (non-hydrogen) atoms. The predicted molar refractivity (Wildman–Crippen MR) is 40.5 cm³/mol. The Bertz CT molecular complexity index is 197. The number of hydrogen-bond donors (Lipinski definition) is 1. The van der Waals surface area contributed by atoms with Crippen LogP contribution >= 0.6 is 0 Å². The molecule has 4 nitrogen and oxygen atoms in total. The van der Waals surface area contributed by atoms with Gasteiger partial charge in [-0.3, -0.25) is 9.59 Å². The van der Waals surface area contributed by atoms with Gasteiger partial charge in [-0.2, -0.15) is 0 Å². The van der Waals surface area contributed by atoms with Crippen LogP contribution in [0.2, 0.25) is 0 Å². The molecule has 2 atom stereocenters. The summed E-state index contributed by atoms with van der Waals surface area (Å²) in [5.74, 6) is -1.17. The summed E-state index contributed by atoms with van der Waals surface area (Å²) in [6.07, 6.45) is 0.851. The van der Waals surface area contributed by atoms with Gasteiger partial charge in [-0.05, 0) is 19.3 Å². The molecule has 0 amide bonds. The molecule has 1 heterocycles. The lowest BCUT2D eigenvalue weighted by molar-refractivity contribution is -0.156. The molecule has 2 unspecified atom stereocenters. The molecule has 0 spiro atoms. The van der Waals surface area contributed by atoms with E-state index >= 15 is 0 Å². The van der Waals surface area contributed by atoms with Crippen LogP contribution in [0.15, 0.2) is 0 Å². The second-order valence-electron chi connectivity index (χ2n) is 3.20. The SMILES string of the molecule is CC1CC(CC(=O)O)CC(=O)O1. The molecule has 1 aliphatic rings. The number of carboxylic acids is 1. The van der Waals surface area contributed by atoms with E-state index in [9.17, 15) is 9.59 Å². The number of esters is 1. The predicted octanol–water partition coefficient (Wildman–Crippen LogP) is 0.803. The Morgan fingerprint density at radius 3 is 2.92 bits per heavy atom. The molecule has 0 radical (unpaired) electrons. The van der Waals surface area contributed by atoms with Crippen molar-refractivity contribution in [3.05, 3.63) is 0 Å². The molecule has 68 valence electrons. The fourth-order valence-electron chi connectivity index (χ4n) is 1.51. The van der Waals surface area contributed by atoms with Gasteiger partial charge in [0.25, 0.3) is 0 Å². The van der Waals surface area contributed by atoms with Gasteiger partial charge < -0.3 is 9.84 Å². The molecule has 1 N–H and O–H groups in total. The Kier molecular flexibility index (Phi) is 2.68. The van der Waals surface area contributed by atoms with Crippen molar-refractivity contribution >= 4 is 11.9 Å². The van der Waals surface area contributed by atoms with E-state index in [1.807, 2.05) is 0 Å². The van der Waals surface area contributed by atoms with Gasteiger partial charge in [0.2, 0.25) is 0 Å². The van der Waals surface area contributed by atoms with Gasteiger partial charge in [-0.25, -0.2) is 0 Å². The Balaban J connectivity index is 2.44. The van der Waals surface area contributed by atoms with Crippen LogP contribution in [0, 0.1) is 5.92 Å². The first-order chi connectivity index (χ1) is 5.58. The molecular formula is C8H12O4. The van der Waals surface area contributed by atoms with Gasteiger partial charge in [0.05, 0.1) is 6.10 Å². The van der Waals surface area contributed by atoms with Crippen molar-refractivity contribution in [1.29, 1.82) is 0 Å². The first kappa shape index (κ1) is 9.03. The van der Waals surface area contributed by atoms with E-state index in [0.717, 1.165) is 0 Å². The average molecular weight is 172 g/mol. The molecule has 0 aromatic carbocycles. The Labute approximate surface area is 70.5 Å². The quantitative estimate of drug-likeness (QED) is 0.626. The number of aliphatic carboxylic acids is 1. The number of rotatable bonds is 2. The molecule has 0 aliphatic carbocycles. The van der Waals surface area contributed by atoms with E-state index < -0.39 is 5.97 Å². The van der Waals surface area contributed by atoms with Crippen LogP contribution in [0.4, 0.5) is 0 Å². The lowest BCUT2D eigenvalue weighted by Crippen LogP contribution is -2.28. The maximum absolute atomic E-state index is 10.9. The molecule has 0 aromatic rings. The van der Waals surface area contributed by atoms with Gasteiger partial charge >= 0.3 is 11.9 Å². The highest BCUT2D eigenvalue weighted by Crippen LogP contribution is 2.23. The van der Waals surface area contributed by atoms with Crippen molar-refractivity contribution < 1.29 is 19.4 Å². The van der Waals surface area contributed by atoms with E-state index in [2.05, 4.69) is 0 Å². The number of cyclic esters (lactones) is 1. The van der Waals surface area contributed by atoms with Crippen LogP contribution in [0.5, 0.6) is 0 Å². The molecular weight excluding hydrogens is 160 g/mol. The maximum Gasteiger partial charge on any atom is 0.306 e. The van der Waals surface area contributed by atoms with Gasteiger partial charge in [0.1, 0.15) is 0 Å². The number of ether oxygens (including phenoxy) is 1. The summed E-state index contributed by atoms with van der Waals surface area (Å²) in [5.41, 5.74) is 0. The van der Waals surface area contributed by atoms with Gasteiger partial charge in [0, 0.05) is 12.8 Å². The normalized spacial score (nSPS) is 29.6. The fourth-order valence-corrected chi connectivity index (χ4v) is 1.51. The molecule has 0 saturated carbocycles. The first-order valence-corrected chi connectivity index (χ1v) is 3.99. The van der Waals surface area contributed by atoms with Crippen LogP contribution < -0.4 is 0 Å². The summed E-state index contributed by atoms with van der Waals surface area (Å²) in [6.45, 7) is 1.78. The zero-order valence-electron chi connectivity index (χ0n) is 6.95. The van der Waals surface area contributed by atoms with Gasteiger partial charge in [-0.1, -0.05) is 0 Å². The van der Waals surface area contributed by atoms with Crippen LogP contribution in [-0.2, 0) is 14.3 Å². The molecule has 4 heteroatoms. The summed E-state index contributed by atoms with van der Waals surface area (Å²) in [4.78, 5) is 21.2. The minimum Gasteiger partial charge on any atom is -0.481 e. The van der Waals surface area contributed by atoms with Crippen molar-refractivity contribution in [2.24, 2.45) is 5.92 Å². The van der Waals surface area contributed by atoms with E-state index in [4.69, 9.17) is 9.84 Å². The number of hydrogen-bond acceptors (Lipinski definition) is 3. The Morgan fingerprint density at radius 1 is 1.75 bits per heavy atom. The van der Waals surface area contributed by atoms with E-state index in [1.54, 1.807) is 6.92 Å². The van der Waals surface area contributed by atoms with Crippen molar-refractivity contribution in [2.75, 3.05) is 0 Å². The molecule has 1 fully saturated rings. The van der Waals surface area contributed by atoms with Crippen molar-refractivity contribution in [3.63, 3.8) is 0 Å². The smallest absolute Gasteiger partial charge is 0.306 e. The minimum absolute atomic E-state index is 0.0428. The summed E-state index contributed by atoms with van der Waals surface area (Å²) in [5, 5.41) is 8.49. The van der Waals surface area contributed by atoms with Crippen LogP contribution in [0.25, 0.3) is 0 Å². The average Bonchev–Trinajstić information content (AvgIpc) is 1.81. The Hall–Kier alpha value is -1.06. The lowest BCUT2D eigenvalue weighted by Gasteiger charge is -2.25. The van der Waals surface area contributed by atoms with Crippen LogP contribution in [0.1, 0.15) is 26.2 Å². The molecule has 1 aliphatic heterocycles. The van der Waals surface area contributed by atoms with Gasteiger partial charge in [-0.15, -0.1) is 0 Å². The van der Waals surface area contributed by atoms with E-state index in [-0.39, 0.29) is 30.8 Å². The highest BCUT2D eigenvalue weighted by Gasteiger charge is 2.27. The highest BCUT2D eigenvalue weighted by molar-refractivity contribution is 5.73. The minimum atomic E-state index is -0.845.